The van der Waals surface area contributed by atoms with E-state index >= 15 is 0 Å². The number of aliphatic hydroxyl groups excluding tert-OH is 2. The Balaban J connectivity index is 1.76. The number of rotatable bonds is 5. The minimum absolute atomic E-state index is 0.141. The Morgan fingerprint density at radius 2 is 1.84 bits per heavy atom. The second-order valence-electron chi connectivity index (χ2n) is 11.4. The number of hydrogen-bond acceptors (Lipinski definition) is 3. The lowest BCUT2D eigenvalue weighted by Crippen LogP contribution is -2.35. The second kappa shape index (κ2) is 9.37. The van der Waals surface area contributed by atoms with Crippen molar-refractivity contribution < 1.29 is 15.3 Å². The molecule has 0 bridgehead atoms. The van der Waals surface area contributed by atoms with Crippen molar-refractivity contribution in [2.24, 2.45) is 29.1 Å². The predicted molar refractivity (Wildman–Crippen MR) is 128 cm³/mol. The van der Waals surface area contributed by atoms with Gasteiger partial charge in [0.2, 0.25) is 0 Å². The van der Waals surface area contributed by atoms with Crippen LogP contribution in [0.1, 0.15) is 79.6 Å². The molecule has 0 spiro atoms. The quantitative estimate of drug-likeness (QED) is 0.490. The van der Waals surface area contributed by atoms with Gasteiger partial charge in [-0.25, -0.2) is 0 Å². The summed E-state index contributed by atoms with van der Waals surface area (Å²) >= 11 is 0. The van der Waals surface area contributed by atoms with Crippen LogP contribution < -0.4 is 0 Å². The minimum Gasteiger partial charge on any atom is -0.393 e. The molecule has 3 aliphatic rings. The lowest BCUT2D eigenvalue weighted by atomic mass is 9.61. The predicted octanol–water partition coefficient (Wildman–Crippen LogP) is 5.73. The maximum Gasteiger partial charge on any atom is 0.0811 e. The number of fused-ring (bicyclic) bond motifs is 1. The molecular weight excluding hydrogens is 384 g/mol. The molecule has 0 aromatic heterocycles. The third kappa shape index (κ3) is 5.26. The van der Waals surface area contributed by atoms with Gasteiger partial charge in [-0.1, -0.05) is 57.2 Å². The Kier molecular flexibility index (Phi) is 7.40. The van der Waals surface area contributed by atoms with Crippen LogP contribution in [-0.4, -0.2) is 33.1 Å². The smallest absolute Gasteiger partial charge is 0.0811 e. The first-order chi connectivity index (χ1) is 14.4. The zero-order valence-corrected chi connectivity index (χ0v) is 20.3. The van der Waals surface area contributed by atoms with Gasteiger partial charge in [0.15, 0.2) is 0 Å². The van der Waals surface area contributed by atoms with Crippen LogP contribution >= 0.6 is 0 Å². The van der Waals surface area contributed by atoms with Gasteiger partial charge in [-0.2, -0.15) is 0 Å². The first-order valence-corrected chi connectivity index (χ1v) is 12.3. The highest BCUT2D eigenvalue weighted by atomic mass is 16.3. The highest BCUT2D eigenvalue weighted by Gasteiger charge is 2.50. The minimum atomic E-state index is -0.684. The molecule has 0 amide bonds. The van der Waals surface area contributed by atoms with Crippen molar-refractivity contribution in [3.63, 3.8) is 0 Å². The Bertz CT molecular complexity index is 753. The third-order valence-corrected chi connectivity index (χ3v) is 8.75. The van der Waals surface area contributed by atoms with E-state index in [-0.39, 0.29) is 5.92 Å². The number of aliphatic hydroxyl groups is 3. The lowest BCUT2D eigenvalue weighted by molar-refractivity contribution is 0.0436. The summed E-state index contributed by atoms with van der Waals surface area (Å²) in [5.41, 5.74) is 2.93. The van der Waals surface area contributed by atoms with Gasteiger partial charge in [-0.15, -0.1) is 0 Å². The maximum absolute atomic E-state index is 10.3. The van der Waals surface area contributed by atoms with Crippen molar-refractivity contribution in [3.05, 3.63) is 47.6 Å². The van der Waals surface area contributed by atoms with Gasteiger partial charge in [0.25, 0.3) is 0 Å². The van der Waals surface area contributed by atoms with E-state index < -0.39 is 17.8 Å². The van der Waals surface area contributed by atoms with Crippen LogP contribution in [0, 0.1) is 29.1 Å². The molecule has 7 atom stereocenters. The molecular formula is C28H44O3. The van der Waals surface area contributed by atoms with Crippen LogP contribution in [-0.2, 0) is 0 Å². The molecule has 3 fully saturated rings. The number of hydrogen-bond donors (Lipinski definition) is 3. The van der Waals surface area contributed by atoms with Gasteiger partial charge < -0.3 is 15.3 Å². The average Bonchev–Trinajstić information content (AvgIpc) is 3.04. The SMILES string of the molecule is C=C1/C(=C\C=C2/CCC[C@]3(C)[C@@H]2CC[C@@H]3[C@H](C)/C=C/[C@H](C)C(C)(C)O)C[C@@H](O)C[C@H]1O. The van der Waals surface area contributed by atoms with Gasteiger partial charge in [0, 0.05) is 12.3 Å². The molecule has 3 aliphatic carbocycles. The van der Waals surface area contributed by atoms with Crippen LogP contribution in [0.25, 0.3) is 0 Å². The van der Waals surface area contributed by atoms with Gasteiger partial charge in [-0.05, 0) is 86.7 Å². The van der Waals surface area contributed by atoms with E-state index in [0.717, 1.165) is 17.6 Å². The fourth-order valence-electron chi connectivity index (χ4n) is 6.32. The van der Waals surface area contributed by atoms with Crippen molar-refractivity contribution in [2.45, 2.75) is 97.4 Å². The molecule has 31 heavy (non-hydrogen) atoms. The van der Waals surface area contributed by atoms with E-state index in [2.05, 4.69) is 51.7 Å². The summed E-state index contributed by atoms with van der Waals surface area (Å²) in [6.45, 7) is 14.7. The first-order valence-electron chi connectivity index (χ1n) is 12.3. The molecule has 3 N–H and O–H groups in total. The van der Waals surface area contributed by atoms with E-state index in [9.17, 15) is 15.3 Å². The first kappa shape index (κ1) is 24.5. The molecule has 0 heterocycles. The van der Waals surface area contributed by atoms with Crippen LogP contribution in [0.2, 0.25) is 0 Å². The largest absolute Gasteiger partial charge is 0.393 e. The van der Waals surface area contributed by atoms with Crippen LogP contribution in [0.4, 0.5) is 0 Å². The molecule has 0 aromatic rings. The summed E-state index contributed by atoms with van der Waals surface area (Å²) in [5, 5.41) is 30.4. The van der Waals surface area contributed by atoms with Gasteiger partial charge >= 0.3 is 0 Å². The van der Waals surface area contributed by atoms with Crippen molar-refractivity contribution in [1.82, 2.24) is 0 Å². The lowest BCUT2D eigenvalue weighted by Gasteiger charge is -2.44. The van der Waals surface area contributed by atoms with Crippen molar-refractivity contribution in [2.75, 3.05) is 0 Å². The summed E-state index contributed by atoms with van der Waals surface area (Å²) in [4.78, 5) is 0. The highest BCUT2D eigenvalue weighted by molar-refractivity contribution is 5.38. The summed E-state index contributed by atoms with van der Waals surface area (Å²) in [6, 6.07) is 0. The fourth-order valence-corrected chi connectivity index (χ4v) is 6.32. The summed E-state index contributed by atoms with van der Waals surface area (Å²) in [5.74, 6) is 1.91. The molecule has 0 aliphatic heterocycles. The molecule has 0 unspecified atom stereocenters. The van der Waals surface area contributed by atoms with Gasteiger partial charge in [0.05, 0.1) is 17.8 Å². The van der Waals surface area contributed by atoms with Crippen LogP contribution in [0.3, 0.4) is 0 Å². The Morgan fingerprint density at radius 3 is 2.52 bits per heavy atom. The molecule has 0 saturated heterocycles. The maximum atomic E-state index is 10.3. The topological polar surface area (TPSA) is 60.7 Å². The van der Waals surface area contributed by atoms with Gasteiger partial charge in [0.1, 0.15) is 0 Å². The standard InChI is InChI=1S/C28H44O3/c1-18(9-10-19(2)27(4,5)31)24-13-14-25-21(8-7-15-28(24,25)6)11-12-22-16-23(29)17-26(30)20(22)3/h9-12,18-19,23-26,29-31H,3,7-8,13-17H2,1-2,4-6H3/b10-9+,21-11+,22-12-/t18-,19+,23-,24-,25-,26-,28+/m1/s1. The Morgan fingerprint density at radius 1 is 1.13 bits per heavy atom. The Labute approximate surface area is 189 Å². The van der Waals surface area contributed by atoms with Crippen LogP contribution in [0.5, 0.6) is 0 Å². The molecule has 0 aromatic carbocycles. The fraction of sp³-hybridized carbons (Fsp3) is 0.714. The van der Waals surface area contributed by atoms with E-state index in [4.69, 9.17) is 0 Å². The molecule has 3 nitrogen and oxygen atoms in total. The molecule has 174 valence electrons. The van der Waals surface area contributed by atoms with Crippen molar-refractivity contribution in [3.8, 4) is 0 Å². The third-order valence-electron chi connectivity index (χ3n) is 8.75. The van der Waals surface area contributed by atoms with E-state index in [1.54, 1.807) is 0 Å². The summed E-state index contributed by atoms with van der Waals surface area (Å²) in [6.07, 6.45) is 15.0. The monoisotopic (exact) mass is 428 g/mol. The Hall–Kier alpha value is -1.16. The van der Waals surface area contributed by atoms with Crippen LogP contribution in [0.15, 0.2) is 47.6 Å². The highest BCUT2D eigenvalue weighted by Crippen LogP contribution is 2.59. The van der Waals surface area contributed by atoms with Crippen molar-refractivity contribution in [1.29, 1.82) is 0 Å². The van der Waals surface area contributed by atoms with Gasteiger partial charge in [-0.3, -0.25) is 0 Å². The van der Waals surface area contributed by atoms with E-state index in [1.165, 1.54) is 31.3 Å². The zero-order chi connectivity index (χ0) is 23.0. The van der Waals surface area contributed by atoms with Crippen molar-refractivity contribution >= 4 is 0 Å². The molecule has 3 saturated carbocycles. The second-order valence-corrected chi connectivity index (χ2v) is 11.4. The average molecular weight is 429 g/mol. The zero-order valence-electron chi connectivity index (χ0n) is 20.3. The molecule has 3 rings (SSSR count). The van der Waals surface area contributed by atoms with E-state index in [1.807, 2.05) is 13.8 Å². The molecule has 0 radical (unpaired) electrons. The summed E-state index contributed by atoms with van der Waals surface area (Å²) < 4.78 is 0. The van der Waals surface area contributed by atoms with E-state index in [0.29, 0.717) is 36.0 Å². The molecule has 3 heteroatoms. The number of allylic oxidation sites excluding steroid dienone is 4. The normalized spacial score (nSPS) is 39.3. The summed E-state index contributed by atoms with van der Waals surface area (Å²) in [7, 11) is 0.